The lowest BCUT2D eigenvalue weighted by atomic mass is 10.0. The van der Waals surface area contributed by atoms with Gasteiger partial charge < -0.3 is 4.90 Å². The first-order valence-corrected chi connectivity index (χ1v) is 6.27. The Morgan fingerprint density at radius 2 is 2.11 bits per heavy atom. The SMILES string of the molecule is Cc1nc(C2CCCCN2c2ncccn2)n[nH]1. The Kier molecular flexibility index (Phi) is 2.92. The van der Waals surface area contributed by atoms with Crippen LogP contribution in [-0.2, 0) is 0 Å². The number of piperidine rings is 1. The molecule has 1 saturated heterocycles. The average Bonchev–Trinajstić information content (AvgIpc) is 2.86. The van der Waals surface area contributed by atoms with Crippen molar-refractivity contribution in [2.45, 2.75) is 32.2 Å². The molecule has 0 radical (unpaired) electrons. The molecule has 1 N–H and O–H groups in total. The van der Waals surface area contributed by atoms with Gasteiger partial charge >= 0.3 is 0 Å². The highest BCUT2D eigenvalue weighted by molar-refractivity contribution is 5.33. The van der Waals surface area contributed by atoms with Crippen LogP contribution in [0.25, 0.3) is 0 Å². The molecule has 1 aliphatic rings. The second-order valence-electron chi connectivity index (χ2n) is 4.53. The summed E-state index contributed by atoms with van der Waals surface area (Å²) < 4.78 is 0. The molecule has 1 aliphatic heterocycles. The van der Waals surface area contributed by atoms with Crippen molar-refractivity contribution in [3.8, 4) is 0 Å². The van der Waals surface area contributed by atoms with Gasteiger partial charge in [0.05, 0.1) is 6.04 Å². The van der Waals surface area contributed by atoms with E-state index in [0.717, 1.165) is 37.0 Å². The Bertz CT molecular complexity index is 508. The lowest BCUT2D eigenvalue weighted by molar-refractivity contribution is 0.450. The van der Waals surface area contributed by atoms with Crippen molar-refractivity contribution in [2.24, 2.45) is 0 Å². The zero-order chi connectivity index (χ0) is 12.4. The van der Waals surface area contributed by atoms with Crippen LogP contribution in [0.1, 0.15) is 37.0 Å². The molecular weight excluding hydrogens is 228 g/mol. The monoisotopic (exact) mass is 244 g/mol. The molecule has 18 heavy (non-hydrogen) atoms. The van der Waals surface area contributed by atoms with Crippen LogP contribution < -0.4 is 4.90 Å². The summed E-state index contributed by atoms with van der Waals surface area (Å²) in [5.41, 5.74) is 0. The van der Waals surface area contributed by atoms with E-state index >= 15 is 0 Å². The molecule has 2 aromatic rings. The molecule has 0 spiro atoms. The van der Waals surface area contributed by atoms with E-state index < -0.39 is 0 Å². The summed E-state index contributed by atoms with van der Waals surface area (Å²) in [4.78, 5) is 15.3. The zero-order valence-electron chi connectivity index (χ0n) is 10.4. The summed E-state index contributed by atoms with van der Waals surface area (Å²) in [6, 6.07) is 2.02. The summed E-state index contributed by atoms with van der Waals surface area (Å²) in [5, 5.41) is 7.19. The largest absolute Gasteiger partial charge is 0.330 e. The van der Waals surface area contributed by atoms with Gasteiger partial charge in [-0.2, -0.15) is 5.10 Å². The van der Waals surface area contributed by atoms with E-state index in [1.54, 1.807) is 12.4 Å². The first-order chi connectivity index (χ1) is 8.84. The van der Waals surface area contributed by atoms with Crippen molar-refractivity contribution >= 4 is 5.95 Å². The van der Waals surface area contributed by atoms with E-state index in [4.69, 9.17) is 0 Å². The van der Waals surface area contributed by atoms with Crippen molar-refractivity contribution in [3.05, 3.63) is 30.1 Å². The number of aromatic amines is 1. The predicted octanol–water partition coefficient (Wildman–Crippen LogP) is 1.63. The molecule has 94 valence electrons. The minimum Gasteiger partial charge on any atom is -0.330 e. The molecule has 3 rings (SSSR count). The highest BCUT2D eigenvalue weighted by Gasteiger charge is 2.28. The van der Waals surface area contributed by atoms with Crippen LogP contribution in [0, 0.1) is 6.92 Å². The molecule has 0 bridgehead atoms. The summed E-state index contributed by atoms with van der Waals surface area (Å²) in [6.45, 7) is 2.88. The Morgan fingerprint density at radius 1 is 1.28 bits per heavy atom. The quantitative estimate of drug-likeness (QED) is 0.869. The maximum Gasteiger partial charge on any atom is 0.225 e. The van der Waals surface area contributed by atoms with E-state index in [9.17, 15) is 0 Å². The second kappa shape index (κ2) is 4.72. The summed E-state index contributed by atoms with van der Waals surface area (Å²) in [6.07, 6.45) is 6.96. The lowest BCUT2D eigenvalue weighted by Gasteiger charge is -2.33. The molecule has 3 heterocycles. The fraction of sp³-hybridized carbons (Fsp3) is 0.500. The molecule has 1 fully saturated rings. The van der Waals surface area contributed by atoms with Gasteiger partial charge in [-0.15, -0.1) is 0 Å². The highest BCUT2D eigenvalue weighted by Crippen LogP contribution is 2.31. The minimum atomic E-state index is 0.186. The number of hydrogen-bond acceptors (Lipinski definition) is 5. The summed E-state index contributed by atoms with van der Waals surface area (Å²) >= 11 is 0. The molecule has 0 aromatic carbocycles. The Balaban J connectivity index is 1.91. The molecule has 6 nitrogen and oxygen atoms in total. The van der Waals surface area contributed by atoms with Crippen LogP contribution in [0.4, 0.5) is 5.95 Å². The van der Waals surface area contributed by atoms with Gasteiger partial charge in [0.15, 0.2) is 5.82 Å². The Morgan fingerprint density at radius 3 is 2.83 bits per heavy atom. The van der Waals surface area contributed by atoms with Crippen molar-refractivity contribution < 1.29 is 0 Å². The maximum absolute atomic E-state index is 4.45. The smallest absolute Gasteiger partial charge is 0.225 e. The molecule has 0 aliphatic carbocycles. The van der Waals surface area contributed by atoms with Crippen LogP contribution >= 0.6 is 0 Å². The van der Waals surface area contributed by atoms with Gasteiger partial charge in [0.25, 0.3) is 0 Å². The van der Waals surface area contributed by atoms with Gasteiger partial charge in [-0.3, -0.25) is 5.10 Å². The molecular formula is C12H16N6. The van der Waals surface area contributed by atoms with Crippen molar-refractivity contribution in [1.29, 1.82) is 0 Å². The van der Waals surface area contributed by atoms with E-state index in [1.165, 1.54) is 6.42 Å². The third kappa shape index (κ3) is 2.05. The molecule has 6 heteroatoms. The number of nitrogens with one attached hydrogen (secondary N) is 1. The fourth-order valence-electron chi connectivity index (χ4n) is 2.39. The Labute approximate surface area is 105 Å². The summed E-state index contributed by atoms with van der Waals surface area (Å²) in [5.74, 6) is 2.47. The topological polar surface area (TPSA) is 70.6 Å². The van der Waals surface area contributed by atoms with Crippen molar-refractivity contribution in [1.82, 2.24) is 25.1 Å². The normalized spacial score (nSPS) is 20.1. The van der Waals surface area contributed by atoms with Gasteiger partial charge in [-0.05, 0) is 32.3 Å². The van der Waals surface area contributed by atoms with Crippen LogP contribution in [0.15, 0.2) is 18.5 Å². The number of hydrogen-bond donors (Lipinski definition) is 1. The number of aromatic nitrogens is 5. The van der Waals surface area contributed by atoms with Gasteiger partial charge in [-0.25, -0.2) is 15.0 Å². The maximum atomic E-state index is 4.45. The van der Waals surface area contributed by atoms with E-state index in [1.807, 2.05) is 13.0 Å². The second-order valence-corrected chi connectivity index (χ2v) is 4.53. The molecule has 2 aromatic heterocycles. The first kappa shape index (κ1) is 11.1. The van der Waals surface area contributed by atoms with Gasteiger partial charge in [0.1, 0.15) is 5.82 Å². The van der Waals surface area contributed by atoms with E-state index in [2.05, 4.69) is 30.0 Å². The number of H-pyrrole nitrogens is 1. The standard InChI is InChI=1S/C12H16N6/c1-9-15-11(17-16-9)10-5-2-3-8-18(10)12-13-6-4-7-14-12/h4,6-7,10H,2-3,5,8H2,1H3,(H,15,16,17). The summed E-state index contributed by atoms with van der Waals surface area (Å²) in [7, 11) is 0. The molecule has 0 amide bonds. The number of nitrogens with zero attached hydrogens (tertiary/aromatic N) is 5. The third-order valence-corrected chi connectivity index (χ3v) is 3.22. The average molecular weight is 244 g/mol. The highest BCUT2D eigenvalue weighted by atomic mass is 15.3. The van der Waals surface area contributed by atoms with Gasteiger partial charge in [0.2, 0.25) is 5.95 Å². The number of rotatable bonds is 2. The van der Waals surface area contributed by atoms with Crippen LogP contribution in [0.2, 0.25) is 0 Å². The van der Waals surface area contributed by atoms with Gasteiger partial charge in [-0.1, -0.05) is 0 Å². The molecule has 1 atom stereocenters. The predicted molar refractivity (Wildman–Crippen MR) is 67.1 cm³/mol. The Hall–Kier alpha value is -1.98. The van der Waals surface area contributed by atoms with Gasteiger partial charge in [0, 0.05) is 18.9 Å². The minimum absolute atomic E-state index is 0.186. The van der Waals surface area contributed by atoms with Crippen molar-refractivity contribution in [2.75, 3.05) is 11.4 Å². The molecule has 0 saturated carbocycles. The zero-order valence-corrected chi connectivity index (χ0v) is 10.4. The number of anilines is 1. The third-order valence-electron chi connectivity index (χ3n) is 3.22. The first-order valence-electron chi connectivity index (χ1n) is 6.27. The van der Waals surface area contributed by atoms with Crippen LogP contribution in [0.3, 0.4) is 0 Å². The number of aryl methyl sites for hydroxylation is 1. The molecule has 1 unspecified atom stereocenters. The van der Waals surface area contributed by atoms with E-state index in [0.29, 0.717) is 0 Å². The van der Waals surface area contributed by atoms with E-state index in [-0.39, 0.29) is 6.04 Å². The van der Waals surface area contributed by atoms with Crippen LogP contribution in [0.5, 0.6) is 0 Å². The lowest BCUT2D eigenvalue weighted by Crippen LogP contribution is -2.35. The van der Waals surface area contributed by atoms with Crippen LogP contribution in [-0.4, -0.2) is 31.7 Å². The fourth-order valence-corrected chi connectivity index (χ4v) is 2.39. The van der Waals surface area contributed by atoms with Crippen molar-refractivity contribution in [3.63, 3.8) is 0 Å².